The minimum atomic E-state index is -4.67. The molecule has 0 radical (unpaired) electrons. The summed E-state index contributed by atoms with van der Waals surface area (Å²) in [6.45, 7) is 1.48. The molecular formula is C16H20F3NO3. The summed E-state index contributed by atoms with van der Waals surface area (Å²) in [5.74, 6) is 0.229. The van der Waals surface area contributed by atoms with Crippen LogP contribution in [0, 0.1) is 0 Å². The molecule has 1 saturated heterocycles. The number of alkyl halides is 3. The van der Waals surface area contributed by atoms with Crippen molar-refractivity contribution in [2.45, 2.75) is 38.0 Å². The number of halogens is 3. The molecule has 0 spiro atoms. The highest BCUT2D eigenvalue weighted by Gasteiger charge is 2.54. The van der Waals surface area contributed by atoms with Crippen LogP contribution in [0.3, 0.4) is 0 Å². The van der Waals surface area contributed by atoms with Crippen molar-refractivity contribution < 1.29 is 27.8 Å². The minimum absolute atomic E-state index is 0.131. The first kappa shape index (κ1) is 17.6. The predicted molar refractivity (Wildman–Crippen MR) is 78.1 cm³/mol. The van der Waals surface area contributed by atoms with Gasteiger partial charge in [-0.15, -0.1) is 0 Å². The average Bonchev–Trinajstić information content (AvgIpc) is 2.52. The van der Waals surface area contributed by atoms with Gasteiger partial charge in [-0.3, -0.25) is 4.79 Å². The van der Waals surface area contributed by atoms with Crippen LogP contribution < -0.4 is 4.74 Å². The highest BCUT2D eigenvalue weighted by Crippen LogP contribution is 2.38. The first-order valence-electron chi connectivity index (χ1n) is 7.54. The Morgan fingerprint density at radius 3 is 2.48 bits per heavy atom. The van der Waals surface area contributed by atoms with Crippen LogP contribution in [-0.4, -0.2) is 47.4 Å². The Balaban J connectivity index is 1.89. The number of hydrogen-bond acceptors (Lipinski definition) is 3. The number of nitrogens with zero attached hydrogens (tertiary/aromatic N) is 1. The van der Waals surface area contributed by atoms with E-state index in [9.17, 15) is 23.1 Å². The number of aliphatic hydroxyl groups is 1. The number of aryl methyl sites for hydroxylation is 1. The summed E-state index contributed by atoms with van der Waals surface area (Å²) in [6, 6.07) is 7.31. The highest BCUT2D eigenvalue weighted by molar-refractivity contribution is 5.78. The number of carbonyl (C=O) groups excluding carboxylic acids is 1. The quantitative estimate of drug-likeness (QED) is 0.922. The third kappa shape index (κ3) is 3.96. The van der Waals surface area contributed by atoms with Crippen molar-refractivity contribution >= 4 is 5.91 Å². The number of carbonyl (C=O) groups is 1. The van der Waals surface area contributed by atoms with Crippen molar-refractivity contribution in [2.75, 3.05) is 19.7 Å². The molecule has 2 rings (SSSR count). The number of piperidine rings is 1. The van der Waals surface area contributed by atoms with Gasteiger partial charge < -0.3 is 14.7 Å². The fraction of sp³-hybridized carbons (Fsp3) is 0.562. The van der Waals surface area contributed by atoms with E-state index in [2.05, 4.69) is 0 Å². The molecule has 23 heavy (non-hydrogen) atoms. The van der Waals surface area contributed by atoms with Gasteiger partial charge >= 0.3 is 6.18 Å². The first-order valence-corrected chi connectivity index (χ1v) is 7.54. The standard InChI is InChI=1S/C16H20F3NO3/c1-2-12-5-3-4-6-13(12)23-11-14(21)20-9-7-15(22,8-10-20)16(17,18)19/h3-6,22H,2,7-11H2,1H3. The van der Waals surface area contributed by atoms with Crippen LogP contribution in [0.5, 0.6) is 5.75 Å². The van der Waals surface area contributed by atoms with Crippen molar-refractivity contribution in [3.05, 3.63) is 29.8 Å². The molecule has 1 fully saturated rings. The maximum atomic E-state index is 12.7. The summed E-state index contributed by atoms with van der Waals surface area (Å²) in [4.78, 5) is 13.4. The van der Waals surface area contributed by atoms with Crippen molar-refractivity contribution in [1.82, 2.24) is 4.90 Å². The zero-order chi connectivity index (χ0) is 17.1. The number of likely N-dealkylation sites (tertiary alicyclic amines) is 1. The molecular weight excluding hydrogens is 311 g/mol. The Morgan fingerprint density at radius 2 is 1.91 bits per heavy atom. The van der Waals surface area contributed by atoms with Gasteiger partial charge in [0.15, 0.2) is 12.2 Å². The number of amides is 1. The van der Waals surface area contributed by atoms with E-state index in [1.807, 2.05) is 19.1 Å². The van der Waals surface area contributed by atoms with Crippen molar-refractivity contribution in [2.24, 2.45) is 0 Å². The van der Waals surface area contributed by atoms with E-state index in [1.54, 1.807) is 12.1 Å². The van der Waals surface area contributed by atoms with Gasteiger partial charge in [-0.05, 0) is 18.1 Å². The Kier molecular flexibility index (Phi) is 5.19. The summed E-state index contributed by atoms with van der Waals surface area (Å²) < 4.78 is 43.7. The Hall–Kier alpha value is -1.76. The van der Waals surface area contributed by atoms with Crippen molar-refractivity contribution in [3.8, 4) is 5.75 Å². The van der Waals surface area contributed by atoms with Gasteiger partial charge in [-0.2, -0.15) is 13.2 Å². The van der Waals surface area contributed by atoms with E-state index in [4.69, 9.17) is 4.74 Å². The second-order valence-corrected chi connectivity index (χ2v) is 5.66. The lowest BCUT2D eigenvalue weighted by molar-refractivity contribution is -0.272. The largest absolute Gasteiger partial charge is 0.483 e. The van der Waals surface area contributed by atoms with Gasteiger partial charge in [0.05, 0.1) is 0 Å². The zero-order valence-corrected chi connectivity index (χ0v) is 12.9. The SMILES string of the molecule is CCc1ccccc1OCC(=O)N1CCC(O)(C(F)(F)F)CC1. The van der Waals surface area contributed by atoms with E-state index < -0.39 is 24.6 Å². The number of rotatable bonds is 4. The van der Waals surface area contributed by atoms with Gasteiger partial charge in [0.1, 0.15) is 5.75 Å². The second kappa shape index (κ2) is 6.78. The minimum Gasteiger partial charge on any atom is -0.483 e. The lowest BCUT2D eigenvalue weighted by atomic mass is 9.91. The van der Waals surface area contributed by atoms with Gasteiger partial charge in [-0.1, -0.05) is 25.1 Å². The van der Waals surface area contributed by atoms with E-state index in [0.29, 0.717) is 5.75 Å². The number of para-hydroxylation sites is 1. The van der Waals surface area contributed by atoms with Crippen LogP contribution in [0.2, 0.25) is 0 Å². The van der Waals surface area contributed by atoms with E-state index >= 15 is 0 Å². The van der Waals surface area contributed by atoms with Crippen LogP contribution in [0.15, 0.2) is 24.3 Å². The molecule has 0 atom stereocenters. The van der Waals surface area contributed by atoms with Crippen molar-refractivity contribution in [1.29, 1.82) is 0 Å². The predicted octanol–water partition coefficient (Wildman–Crippen LogP) is 2.54. The molecule has 1 aliphatic rings. The fourth-order valence-electron chi connectivity index (χ4n) is 2.58. The lowest BCUT2D eigenvalue weighted by Gasteiger charge is -2.39. The molecule has 1 heterocycles. The summed E-state index contributed by atoms with van der Waals surface area (Å²) in [5, 5.41) is 9.59. The van der Waals surface area contributed by atoms with Crippen LogP contribution in [0.1, 0.15) is 25.3 Å². The normalized spacial score (nSPS) is 17.9. The molecule has 1 amide bonds. The molecule has 0 aliphatic carbocycles. The van der Waals surface area contributed by atoms with Gasteiger partial charge in [-0.25, -0.2) is 0 Å². The van der Waals surface area contributed by atoms with E-state index in [0.717, 1.165) is 12.0 Å². The molecule has 0 aromatic heterocycles. The van der Waals surface area contributed by atoms with Crippen LogP contribution in [0.25, 0.3) is 0 Å². The molecule has 1 aromatic rings. The molecule has 7 heteroatoms. The third-order valence-corrected chi connectivity index (χ3v) is 4.18. The van der Waals surface area contributed by atoms with E-state index in [-0.39, 0.29) is 25.6 Å². The summed E-state index contributed by atoms with van der Waals surface area (Å²) in [7, 11) is 0. The molecule has 0 saturated carbocycles. The molecule has 4 nitrogen and oxygen atoms in total. The smallest absolute Gasteiger partial charge is 0.417 e. The second-order valence-electron chi connectivity index (χ2n) is 5.66. The molecule has 128 valence electrons. The summed E-state index contributed by atoms with van der Waals surface area (Å²) >= 11 is 0. The van der Waals surface area contributed by atoms with Crippen LogP contribution in [-0.2, 0) is 11.2 Å². The zero-order valence-electron chi connectivity index (χ0n) is 12.9. The average molecular weight is 331 g/mol. The number of ether oxygens (including phenoxy) is 1. The number of hydrogen-bond donors (Lipinski definition) is 1. The van der Waals surface area contributed by atoms with Gasteiger partial charge in [0.25, 0.3) is 5.91 Å². The number of benzene rings is 1. The molecule has 1 aromatic carbocycles. The highest BCUT2D eigenvalue weighted by atomic mass is 19.4. The lowest BCUT2D eigenvalue weighted by Crippen LogP contribution is -2.54. The molecule has 0 unspecified atom stereocenters. The molecule has 1 aliphatic heterocycles. The Labute approximate surface area is 132 Å². The molecule has 0 bridgehead atoms. The maximum Gasteiger partial charge on any atom is 0.417 e. The molecule has 1 N–H and O–H groups in total. The van der Waals surface area contributed by atoms with Crippen molar-refractivity contribution in [3.63, 3.8) is 0 Å². The Bertz CT molecular complexity index is 552. The Morgan fingerprint density at radius 1 is 1.30 bits per heavy atom. The van der Waals surface area contributed by atoms with Gasteiger partial charge in [0.2, 0.25) is 0 Å². The third-order valence-electron chi connectivity index (χ3n) is 4.18. The topological polar surface area (TPSA) is 49.8 Å². The van der Waals surface area contributed by atoms with Crippen LogP contribution in [0.4, 0.5) is 13.2 Å². The van der Waals surface area contributed by atoms with E-state index in [1.165, 1.54) is 4.90 Å². The maximum absolute atomic E-state index is 12.7. The summed E-state index contributed by atoms with van der Waals surface area (Å²) in [6.07, 6.45) is -4.92. The first-order chi connectivity index (χ1) is 10.8. The van der Waals surface area contributed by atoms with Crippen LogP contribution >= 0.6 is 0 Å². The monoisotopic (exact) mass is 331 g/mol. The fourth-order valence-corrected chi connectivity index (χ4v) is 2.58. The summed E-state index contributed by atoms with van der Waals surface area (Å²) in [5.41, 5.74) is -1.73. The van der Waals surface area contributed by atoms with Gasteiger partial charge in [0, 0.05) is 25.9 Å².